The first kappa shape index (κ1) is 9.86. The topological polar surface area (TPSA) is 54.9 Å². The van der Waals surface area contributed by atoms with E-state index in [1.54, 1.807) is 0 Å². The van der Waals surface area contributed by atoms with Crippen molar-refractivity contribution in [2.24, 2.45) is 5.92 Å². The fourth-order valence-electron chi connectivity index (χ4n) is 1.28. The third-order valence-corrected chi connectivity index (χ3v) is 3.30. The molecule has 1 N–H and O–H groups in total. The van der Waals surface area contributed by atoms with E-state index in [0.717, 1.165) is 11.3 Å². The number of aromatic nitrogens is 2. The molecule has 0 aromatic carbocycles. The Hall–Kier alpha value is -0.680. The predicted molar refractivity (Wildman–Crippen MR) is 54.6 cm³/mol. The van der Waals surface area contributed by atoms with Crippen LogP contribution in [0.3, 0.4) is 0 Å². The molecule has 1 heterocycles. The normalized spacial score (nSPS) is 17.9. The molecule has 6 heteroatoms. The molecule has 1 amide bonds. The molecule has 4 nitrogen and oxygen atoms in total. The van der Waals surface area contributed by atoms with Gasteiger partial charge in [0.1, 0.15) is 0 Å². The highest BCUT2D eigenvalue weighted by atomic mass is 35.5. The van der Waals surface area contributed by atoms with E-state index in [2.05, 4.69) is 15.5 Å². The molecule has 1 aromatic rings. The molecule has 2 rings (SSSR count). The molecule has 1 saturated carbocycles. The van der Waals surface area contributed by atoms with Gasteiger partial charge in [0.25, 0.3) is 5.91 Å². The van der Waals surface area contributed by atoms with Crippen LogP contribution in [-0.2, 0) is 0 Å². The van der Waals surface area contributed by atoms with Crippen molar-refractivity contribution in [2.45, 2.75) is 25.8 Å². The van der Waals surface area contributed by atoms with Crippen molar-refractivity contribution in [1.29, 1.82) is 0 Å². The van der Waals surface area contributed by atoms with Crippen LogP contribution >= 0.6 is 22.9 Å². The number of carbonyl (C=O) groups is 1. The molecular formula is C8H10ClN3OS. The molecule has 1 aliphatic carbocycles. The molecule has 0 aliphatic heterocycles. The maximum Gasteiger partial charge on any atom is 0.282 e. The smallest absolute Gasteiger partial charge is 0.282 e. The van der Waals surface area contributed by atoms with Crippen LogP contribution in [0.5, 0.6) is 0 Å². The molecule has 0 spiro atoms. The van der Waals surface area contributed by atoms with Crippen molar-refractivity contribution < 1.29 is 4.79 Å². The molecule has 14 heavy (non-hydrogen) atoms. The first-order valence-corrected chi connectivity index (χ1v) is 5.66. The lowest BCUT2D eigenvalue weighted by Crippen LogP contribution is -2.33. The zero-order chi connectivity index (χ0) is 10.1. The minimum Gasteiger partial charge on any atom is -0.347 e. The summed E-state index contributed by atoms with van der Waals surface area (Å²) in [7, 11) is 0. The van der Waals surface area contributed by atoms with Gasteiger partial charge in [0, 0.05) is 6.04 Å². The standard InChI is InChI=1S/C8H10ClN3OS/c1-4(5-2-3-5)10-6(13)7-11-12-8(9)14-7/h4-5H,2-3H2,1H3,(H,10,13). The van der Waals surface area contributed by atoms with Crippen molar-refractivity contribution in [1.82, 2.24) is 15.5 Å². The number of rotatable bonds is 3. The molecule has 1 aromatic heterocycles. The lowest BCUT2D eigenvalue weighted by atomic mass is 10.2. The molecule has 1 atom stereocenters. The molecule has 1 aliphatic rings. The summed E-state index contributed by atoms with van der Waals surface area (Å²) in [5.41, 5.74) is 0. The summed E-state index contributed by atoms with van der Waals surface area (Å²) in [5.74, 6) is 0.469. The number of hydrogen-bond donors (Lipinski definition) is 1. The van der Waals surface area contributed by atoms with E-state index in [0.29, 0.717) is 15.4 Å². The van der Waals surface area contributed by atoms with Gasteiger partial charge in [-0.15, -0.1) is 10.2 Å². The van der Waals surface area contributed by atoms with E-state index in [1.807, 2.05) is 6.92 Å². The Morgan fingerprint density at radius 2 is 2.36 bits per heavy atom. The summed E-state index contributed by atoms with van der Waals surface area (Å²) >= 11 is 6.68. The summed E-state index contributed by atoms with van der Waals surface area (Å²) < 4.78 is 0.300. The van der Waals surface area contributed by atoms with Gasteiger partial charge in [0.05, 0.1) is 0 Å². The maximum absolute atomic E-state index is 11.5. The lowest BCUT2D eigenvalue weighted by Gasteiger charge is -2.10. The van der Waals surface area contributed by atoms with Crippen LogP contribution in [0.2, 0.25) is 4.47 Å². The fraction of sp³-hybridized carbons (Fsp3) is 0.625. The van der Waals surface area contributed by atoms with Gasteiger partial charge in [-0.1, -0.05) is 11.3 Å². The summed E-state index contributed by atoms with van der Waals surface area (Å²) in [4.78, 5) is 11.5. The van der Waals surface area contributed by atoms with Gasteiger partial charge in [0.15, 0.2) is 0 Å². The van der Waals surface area contributed by atoms with E-state index in [1.165, 1.54) is 12.8 Å². The van der Waals surface area contributed by atoms with E-state index >= 15 is 0 Å². The van der Waals surface area contributed by atoms with Crippen LogP contribution in [0.15, 0.2) is 0 Å². The Morgan fingerprint density at radius 3 is 2.86 bits per heavy atom. The maximum atomic E-state index is 11.5. The van der Waals surface area contributed by atoms with Gasteiger partial charge in [-0.3, -0.25) is 4.79 Å². The highest BCUT2D eigenvalue weighted by molar-refractivity contribution is 7.17. The van der Waals surface area contributed by atoms with Crippen molar-refractivity contribution >= 4 is 28.8 Å². The minimum atomic E-state index is -0.172. The zero-order valence-corrected chi connectivity index (χ0v) is 9.23. The average Bonchev–Trinajstić information content (AvgIpc) is 2.89. The average molecular weight is 232 g/mol. The molecule has 0 radical (unpaired) electrons. The largest absolute Gasteiger partial charge is 0.347 e. The predicted octanol–water partition coefficient (Wildman–Crippen LogP) is 1.72. The molecule has 0 saturated heterocycles. The van der Waals surface area contributed by atoms with Gasteiger partial charge in [-0.2, -0.15) is 0 Å². The number of carbonyl (C=O) groups excluding carboxylic acids is 1. The zero-order valence-electron chi connectivity index (χ0n) is 7.66. The van der Waals surface area contributed by atoms with Crippen LogP contribution in [0.25, 0.3) is 0 Å². The third-order valence-electron chi connectivity index (χ3n) is 2.28. The fourth-order valence-corrected chi connectivity index (χ4v) is 2.01. The minimum absolute atomic E-state index is 0.172. The SMILES string of the molecule is CC(NC(=O)c1nnc(Cl)s1)C1CC1. The Bertz CT molecular complexity index is 350. The van der Waals surface area contributed by atoms with E-state index in [9.17, 15) is 4.79 Å². The van der Waals surface area contributed by atoms with Gasteiger partial charge >= 0.3 is 0 Å². The molecule has 1 unspecified atom stereocenters. The summed E-state index contributed by atoms with van der Waals surface area (Å²) in [6, 6.07) is 0.227. The Kier molecular flexibility index (Phi) is 2.69. The second kappa shape index (κ2) is 3.82. The number of nitrogens with one attached hydrogen (secondary N) is 1. The first-order valence-electron chi connectivity index (χ1n) is 4.46. The van der Waals surface area contributed by atoms with Gasteiger partial charge < -0.3 is 5.32 Å². The van der Waals surface area contributed by atoms with E-state index < -0.39 is 0 Å². The van der Waals surface area contributed by atoms with Crippen LogP contribution < -0.4 is 5.32 Å². The quantitative estimate of drug-likeness (QED) is 0.862. The van der Waals surface area contributed by atoms with Crippen LogP contribution in [0.4, 0.5) is 0 Å². The van der Waals surface area contributed by atoms with Crippen LogP contribution in [0, 0.1) is 5.92 Å². The summed E-state index contributed by atoms with van der Waals surface area (Å²) in [6.07, 6.45) is 2.41. The van der Waals surface area contributed by atoms with Crippen molar-refractivity contribution in [3.05, 3.63) is 9.47 Å². The Balaban J connectivity index is 1.94. The third kappa shape index (κ3) is 2.22. The van der Waals surface area contributed by atoms with Gasteiger partial charge in [-0.25, -0.2) is 0 Å². The summed E-state index contributed by atoms with van der Waals surface area (Å²) in [5, 5.41) is 10.5. The van der Waals surface area contributed by atoms with E-state index in [-0.39, 0.29) is 11.9 Å². The molecular weight excluding hydrogens is 222 g/mol. The van der Waals surface area contributed by atoms with Gasteiger partial charge in [-0.05, 0) is 37.3 Å². The monoisotopic (exact) mass is 231 g/mol. The Morgan fingerprint density at radius 1 is 1.64 bits per heavy atom. The molecule has 1 fully saturated rings. The molecule has 76 valence electrons. The number of hydrogen-bond acceptors (Lipinski definition) is 4. The van der Waals surface area contributed by atoms with Crippen LogP contribution in [0.1, 0.15) is 29.6 Å². The molecule has 0 bridgehead atoms. The van der Waals surface area contributed by atoms with Crippen molar-refractivity contribution in [2.75, 3.05) is 0 Å². The summed E-state index contributed by atoms with van der Waals surface area (Å²) in [6.45, 7) is 2.01. The number of nitrogens with zero attached hydrogens (tertiary/aromatic N) is 2. The van der Waals surface area contributed by atoms with Gasteiger partial charge in [0.2, 0.25) is 9.47 Å². The van der Waals surface area contributed by atoms with Crippen LogP contribution in [-0.4, -0.2) is 22.1 Å². The highest BCUT2D eigenvalue weighted by Crippen LogP contribution is 2.32. The van der Waals surface area contributed by atoms with E-state index in [4.69, 9.17) is 11.6 Å². The lowest BCUT2D eigenvalue weighted by molar-refractivity contribution is 0.0934. The number of halogens is 1. The first-order chi connectivity index (χ1) is 6.66. The number of amides is 1. The second-order valence-electron chi connectivity index (χ2n) is 3.46. The second-order valence-corrected chi connectivity index (χ2v) is 5.02. The van der Waals surface area contributed by atoms with Crippen molar-refractivity contribution in [3.63, 3.8) is 0 Å². The van der Waals surface area contributed by atoms with Crippen molar-refractivity contribution in [3.8, 4) is 0 Å². The Labute approximate surface area is 90.7 Å². The highest BCUT2D eigenvalue weighted by Gasteiger charge is 2.29.